The summed E-state index contributed by atoms with van der Waals surface area (Å²) in [6.45, 7) is 16.3. The molecule has 0 spiro atoms. The first-order valence-electron chi connectivity index (χ1n) is 12.9. The Labute approximate surface area is 229 Å². The molecule has 0 aliphatic heterocycles. The van der Waals surface area contributed by atoms with Gasteiger partial charge in [-0.25, -0.2) is 13.2 Å². The molecule has 0 bridgehead atoms. The second-order valence-electron chi connectivity index (χ2n) is 11.9. The molecule has 1 rings (SSSR count). The van der Waals surface area contributed by atoms with Crippen LogP contribution in [0.25, 0.3) is 0 Å². The second-order valence-corrected chi connectivity index (χ2v) is 14.0. The van der Waals surface area contributed by atoms with Crippen LogP contribution in [0.1, 0.15) is 67.9 Å². The van der Waals surface area contributed by atoms with Crippen LogP contribution >= 0.6 is 0 Å². The lowest BCUT2D eigenvalue weighted by Gasteiger charge is -2.39. The molecule has 1 aromatic rings. The summed E-state index contributed by atoms with van der Waals surface area (Å²) >= 11 is 0. The van der Waals surface area contributed by atoms with Gasteiger partial charge in [-0.2, -0.15) is 0 Å². The van der Waals surface area contributed by atoms with Gasteiger partial charge < -0.3 is 15.0 Å². The number of carbonyl (C=O) groups is 3. The van der Waals surface area contributed by atoms with E-state index in [1.807, 2.05) is 40.7 Å². The molecule has 0 aromatic heterocycles. The van der Waals surface area contributed by atoms with Gasteiger partial charge in [0.25, 0.3) is 0 Å². The number of ether oxygens (including phenoxy) is 1. The summed E-state index contributed by atoms with van der Waals surface area (Å²) in [5, 5.41) is 1.36. The summed E-state index contributed by atoms with van der Waals surface area (Å²) < 4.78 is 31.0. The first kappa shape index (κ1) is 33.3. The lowest BCUT2D eigenvalue weighted by molar-refractivity contribution is -0.140. The molecular formula is C29H46N2O6S. The van der Waals surface area contributed by atoms with Crippen LogP contribution in [0.15, 0.2) is 42.0 Å². The number of sulfone groups is 1. The summed E-state index contributed by atoms with van der Waals surface area (Å²) in [5.74, 6) is -1.63. The average molecular weight is 551 g/mol. The molecule has 1 unspecified atom stereocenters. The topological polar surface area (TPSA) is 110 Å². The standard InChI is InChI=1S/C29H46N2O6S/c1-12-37-27(34)20(4)18-22(19(2)3)31(10)26(33)23(28(5,6)7)30-25(32)24(38(11,35)36)29(8,9)21-16-14-13-15-17-21/h13-19,22-24H,12H2,1-11H3,(H,30,32)/t22-,23-,24?/m1/s1. The summed E-state index contributed by atoms with van der Waals surface area (Å²) in [7, 11) is -2.25. The molecule has 0 aliphatic carbocycles. The maximum atomic E-state index is 13.9. The monoisotopic (exact) mass is 550 g/mol. The summed E-state index contributed by atoms with van der Waals surface area (Å²) in [4.78, 5) is 41.3. The van der Waals surface area contributed by atoms with Gasteiger partial charge in [-0.15, -0.1) is 0 Å². The Balaban J connectivity index is 3.45. The maximum absolute atomic E-state index is 13.9. The van der Waals surface area contributed by atoms with Crippen LogP contribution < -0.4 is 5.32 Å². The van der Waals surface area contributed by atoms with E-state index in [1.165, 1.54) is 4.90 Å². The van der Waals surface area contributed by atoms with Gasteiger partial charge in [-0.05, 0) is 30.7 Å². The minimum Gasteiger partial charge on any atom is -0.463 e. The number of rotatable bonds is 11. The van der Waals surface area contributed by atoms with Crippen molar-refractivity contribution in [2.45, 2.75) is 85.1 Å². The van der Waals surface area contributed by atoms with Gasteiger partial charge in [0.1, 0.15) is 11.3 Å². The Kier molecular flexibility index (Phi) is 11.3. The number of amides is 2. The highest BCUT2D eigenvalue weighted by Crippen LogP contribution is 2.32. The van der Waals surface area contributed by atoms with Crippen LogP contribution in [0, 0.1) is 11.3 Å². The highest BCUT2D eigenvalue weighted by Gasteiger charge is 2.46. The Hall–Kier alpha value is -2.68. The predicted molar refractivity (Wildman–Crippen MR) is 151 cm³/mol. The molecule has 0 aliphatic rings. The van der Waals surface area contributed by atoms with E-state index in [0.29, 0.717) is 11.1 Å². The summed E-state index contributed by atoms with van der Waals surface area (Å²) in [6, 6.07) is 7.51. The van der Waals surface area contributed by atoms with Crippen LogP contribution in [-0.2, 0) is 34.4 Å². The largest absolute Gasteiger partial charge is 0.463 e. The molecule has 9 heteroatoms. The fourth-order valence-corrected chi connectivity index (χ4v) is 6.28. The third kappa shape index (κ3) is 8.41. The van der Waals surface area contributed by atoms with Crippen molar-refractivity contribution in [2.24, 2.45) is 11.3 Å². The highest BCUT2D eigenvalue weighted by atomic mass is 32.2. The maximum Gasteiger partial charge on any atom is 0.333 e. The van der Waals surface area contributed by atoms with E-state index >= 15 is 0 Å². The molecule has 0 fully saturated rings. The molecule has 214 valence electrons. The van der Waals surface area contributed by atoms with Crippen molar-refractivity contribution in [2.75, 3.05) is 19.9 Å². The van der Waals surface area contributed by atoms with Crippen molar-refractivity contribution in [1.29, 1.82) is 0 Å². The first-order valence-corrected chi connectivity index (χ1v) is 14.9. The number of carbonyl (C=O) groups excluding carboxylic acids is 3. The van der Waals surface area contributed by atoms with Crippen molar-refractivity contribution in [3.05, 3.63) is 47.5 Å². The Morgan fingerprint density at radius 2 is 1.58 bits per heavy atom. The molecule has 0 saturated carbocycles. The predicted octanol–water partition coefficient (Wildman–Crippen LogP) is 3.90. The van der Waals surface area contributed by atoms with Gasteiger partial charge in [0.2, 0.25) is 11.8 Å². The summed E-state index contributed by atoms with van der Waals surface area (Å²) in [5.41, 5.74) is -0.721. The van der Waals surface area contributed by atoms with E-state index < -0.39 is 49.9 Å². The fourth-order valence-electron chi connectivity index (χ4n) is 4.61. The van der Waals surface area contributed by atoms with E-state index in [2.05, 4.69) is 5.32 Å². The molecule has 1 N–H and O–H groups in total. The lowest BCUT2D eigenvalue weighted by Crippen LogP contribution is -2.60. The number of hydrogen-bond donors (Lipinski definition) is 1. The molecule has 0 radical (unpaired) electrons. The van der Waals surface area contributed by atoms with E-state index in [9.17, 15) is 22.8 Å². The van der Waals surface area contributed by atoms with E-state index in [1.54, 1.807) is 65.1 Å². The van der Waals surface area contributed by atoms with Gasteiger partial charge in [-0.3, -0.25) is 9.59 Å². The van der Waals surface area contributed by atoms with Crippen LogP contribution in [0.2, 0.25) is 0 Å². The van der Waals surface area contributed by atoms with Crippen LogP contribution in [0.5, 0.6) is 0 Å². The van der Waals surface area contributed by atoms with Gasteiger partial charge in [0.15, 0.2) is 9.84 Å². The Morgan fingerprint density at radius 3 is 2.00 bits per heavy atom. The van der Waals surface area contributed by atoms with E-state index in [4.69, 9.17) is 4.74 Å². The van der Waals surface area contributed by atoms with Crippen LogP contribution in [-0.4, -0.2) is 68.3 Å². The number of likely N-dealkylation sites (N-methyl/N-ethyl adjacent to an activating group) is 1. The van der Waals surface area contributed by atoms with Gasteiger partial charge in [0.05, 0.1) is 12.6 Å². The zero-order valence-electron chi connectivity index (χ0n) is 24.8. The minimum atomic E-state index is -3.87. The highest BCUT2D eigenvalue weighted by molar-refractivity contribution is 7.92. The van der Waals surface area contributed by atoms with Gasteiger partial charge in [-0.1, -0.05) is 84.9 Å². The number of hydrogen-bond acceptors (Lipinski definition) is 6. The van der Waals surface area contributed by atoms with Crippen LogP contribution in [0.3, 0.4) is 0 Å². The molecule has 3 atom stereocenters. The number of benzene rings is 1. The van der Waals surface area contributed by atoms with Crippen molar-refractivity contribution < 1.29 is 27.5 Å². The molecule has 0 saturated heterocycles. The number of nitrogens with zero attached hydrogens (tertiary/aromatic N) is 1. The number of esters is 1. The SMILES string of the molecule is CCOC(=O)C(C)=C[C@H](C(C)C)N(C)C(=O)[C@@H](NC(=O)C(C(C)(C)c1ccccc1)S(C)(=O)=O)C(C)(C)C. The van der Waals surface area contributed by atoms with E-state index in [0.717, 1.165) is 6.26 Å². The zero-order valence-corrected chi connectivity index (χ0v) is 25.6. The normalized spacial score (nSPS) is 15.4. The Morgan fingerprint density at radius 1 is 1.05 bits per heavy atom. The molecule has 38 heavy (non-hydrogen) atoms. The van der Waals surface area contributed by atoms with Gasteiger partial charge in [0, 0.05) is 24.3 Å². The fraction of sp³-hybridized carbons (Fsp3) is 0.621. The van der Waals surface area contributed by atoms with Crippen molar-refractivity contribution >= 4 is 27.6 Å². The third-order valence-corrected chi connectivity index (χ3v) is 8.39. The Bertz CT molecular complexity index is 1120. The first-order chi connectivity index (χ1) is 17.3. The van der Waals surface area contributed by atoms with Crippen molar-refractivity contribution in [3.8, 4) is 0 Å². The smallest absolute Gasteiger partial charge is 0.333 e. The van der Waals surface area contributed by atoms with Crippen molar-refractivity contribution in [1.82, 2.24) is 10.2 Å². The summed E-state index contributed by atoms with van der Waals surface area (Å²) in [6.07, 6.45) is 2.74. The van der Waals surface area contributed by atoms with Crippen molar-refractivity contribution in [3.63, 3.8) is 0 Å². The molecule has 8 nitrogen and oxygen atoms in total. The minimum absolute atomic E-state index is 0.0505. The third-order valence-electron chi connectivity index (χ3n) is 6.74. The molecular weight excluding hydrogens is 504 g/mol. The zero-order chi connectivity index (χ0) is 29.6. The molecule has 1 aromatic carbocycles. The van der Waals surface area contributed by atoms with Gasteiger partial charge >= 0.3 is 5.97 Å². The number of nitrogens with one attached hydrogen (secondary N) is 1. The lowest BCUT2D eigenvalue weighted by atomic mass is 9.80. The second kappa shape index (κ2) is 12.9. The van der Waals surface area contributed by atoms with E-state index in [-0.39, 0.29) is 18.4 Å². The quantitative estimate of drug-likeness (QED) is 0.331. The average Bonchev–Trinajstić information content (AvgIpc) is 2.78. The molecule has 2 amide bonds. The molecule has 0 heterocycles. The van der Waals surface area contributed by atoms with Crippen LogP contribution in [0.4, 0.5) is 0 Å².